The molecule has 2 heteroatoms. The van der Waals surface area contributed by atoms with Crippen molar-refractivity contribution in [2.75, 3.05) is 18.1 Å². The zero-order valence-corrected chi connectivity index (χ0v) is 6.87. The molecule has 0 aliphatic carbocycles. The van der Waals surface area contributed by atoms with Crippen molar-refractivity contribution in [3.63, 3.8) is 0 Å². The lowest BCUT2D eigenvalue weighted by molar-refractivity contribution is 0.322. The third-order valence-electron chi connectivity index (χ3n) is 0.845. The summed E-state index contributed by atoms with van der Waals surface area (Å²) in [6.45, 7) is 4.46. The smallest absolute Gasteiger partial charge is 0.0521 e. The van der Waals surface area contributed by atoms with E-state index in [0.29, 0.717) is 6.61 Å². The second-order valence-electron chi connectivity index (χ2n) is 2.08. The molecule has 0 aliphatic heterocycles. The van der Waals surface area contributed by atoms with Crippen LogP contribution in [0.4, 0.5) is 0 Å². The molecular weight excluding hydrogens is 132 g/mol. The second-order valence-corrected chi connectivity index (χ2v) is 3.23. The molecule has 0 amide bonds. The van der Waals surface area contributed by atoms with E-state index in [-0.39, 0.29) is 0 Å². The lowest BCUT2D eigenvalue weighted by atomic mass is 10.3. The number of hydrogen-bond acceptors (Lipinski definition) is 2. The number of rotatable bonds is 4. The quantitative estimate of drug-likeness (QED) is 0.481. The van der Waals surface area contributed by atoms with Crippen LogP contribution < -0.4 is 0 Å². The maximum Gasteiger partial charge on any atom is 0.0521 e. The Bertz CT molecular complexity index is 84.9. The van der Waals surface area contributed by atoms with Crippen molar-refractivity contribution >= 4 is 11.8 Å². The van der Waals surface area contributed by atoms with Crippen LogP contribution in [0.25, 0.3) is 0 Å². The predicted octanol–water partition coefficient (Wildman–Crippen LogP) is 1.68. The summed E-state index contributed by atoms with van der Waals surface area (Å²) >= 11 is 1.76. The van der Waals surface area contributed by atoms with Gasteiger partial charge in [0.25, 0.3) is 0 Å². The summed E-state index contributed by atoms with van der Waals surface area (Å²) in [7, 11) is 0. The summed E-state index contributed by atoms with van der Waals surface area (Å²) in [4.78, 5) is 0. The van der Waals surface area contributed by atoms with E-state index in [1.807, 2.05) is 0 Å². The fourth-order valence-electron chi connectivity index (χ4n) is 0.373. The third-order valence-corrected chi connectivity index (χ3v) is 1.72. The van der Waals surface area contributed by atoms with Gasteiger partial charge in [-0.05, 0) is 13.8 Å². The normalized spacial score (nSPS) is 9.22. The molecule has 0 aromatic rings. The van der Waals surface area contributed by atoms with Gasteiger partial charge >= 0.3 is 0 Å². The van der Waals surface area contributed by atoms with E-state index in [0.717, 1.165) is 11.5 Å². The molecule has 0 fully saturated rings. The molecule has 0 saturated carbocycles. The number of aliphatic hydroxyl groups is 1. The summed E-state index contributed by atoms with van der Waals surface area (Å²) in [5, 5.41) is 8.39. The third kappa shape index (κ3) is 8.05. The minimum atomic E-state index is 0.293. The van der Waals surface area contributed by atoms with Crippen molar-refractivity contribution in [1.29, 1.82) is 0 Å². The number of hydrogen-bond donors (Lipinski definition) is 1. The first-order chi connectivity index (χ1) is 4.27. The van der Waals surface area contributed by atoms with E-state index in [2.05, 4.69) is 19.9 Å². The summed E-state index contributed by atoms with van der Waals surface area (Å²) < 4.78 is 0. The van der Waals surface area contributed by atoms with Crippen LogP contribution in [0, 0.1) is 0 Å². The standard InChI is InChI=1S/C7H14OS/c1-7(2)3-5-9-6-4-8/h3,8H,4-6H2,1-2H3. The van der Waals surface area contributed by atoms with E-state index in [1.54, 1.807) is 11.8 Å². The van der Waals surface area contributed by atoms with Gasteiger partial charge in [0.05, 0.1) is 6.61 Å². The second kappa shape index (κ2) is 6.17. The molecule has 0 radical (unpaired) electrons. The highest BCUT2D eigenvalue weighted by Gasteiger charge is 1.81. The van der Waals surface area contributed by atoms with E-state index in [4.69, 9.17) is 5.11 Å². The molecule has 1 N–H and O–H groups in total. The van der Waals surface area contributed by atoms with Gasteiger partial charge in [-0.3, -0.25) is 0 Å². The fraction of sp³-hybridized carbons (Fsp3) is 0.714. The van der Waals surface area contributed by atoms with Gasteiger partial charge < -0.3 is 5.11 Å². The molecule has 54 valence electrons. The molecule has 9 heavy (non-hydrogen) atoms. The van der Waals surface area contributed by atoms with E-state index in [9.17, 15) is 0 Å². The summed E-state index contributed by atoms with van der Waals surface area (Å²) in [6.07, 6.45) is 2.17. The SMILES string of the molecule is CC(C)=CCSCCO. The molecule has 1 nitrogen and oxygen atoms in total. The summed E-state index contributed by atoms with van der Waals surface area (Å²) in [5.41, 5.74) is 1.35. The largest absolute Gasteiger partial charge is 0.396 e. The van der Waals surface area contributed by atoms with E-state index < -0.39 is 0 Å². The molecule has 0 rings (SSSR count). The molecule has 0 aliphatic rings. The Balaban J connectivity index is 3.00. The first kappa shape index (κ1) is 9.05. The number of allylic oxidation sites excluding steroid dienone is 1. The Kier molecular flexibility index (Phi) is 6.21. The van der Waals surface area contributed by atoms with Crippen LogP contribution in [0.1, 0.15) is 13.8 Å². The fourth-order valence-corrected chi connectivity index (χ4v) is 1.12. The Morgan fingerprint density at radius 1 is 1.56 bits per heavy atom. The minimum absolute atomic E-state index is 0.293. The Morgan fingerprint density at radius 2 is 2.22 bits per heavy atom. The summed E-state index contributed by atoms with van der Waals surface area (Å²) in [6, 6.07) is 0. The highest BCUT2D eigenvalue weighted by molar-refractivity contribution is 7.99. The molecule has 0 unspecified atom stereocenters. The van der Waals surface area contributed by atoms with Crippen LogP contribution in [-0.2, 0) is 0 Å². The van der Waals surface area contributed by atoms with Crippen molar-refractivity contribution in [3.05, 3.63) is 11.6 Å². The molecule has 0 aromatic carbocycles. The van der Waals surface area contributed by atoms with Crippen molar-refractivity contribution in [3.8, 4) is 0 Å². The molecule has 0 spiro atoms. The average Bonchev–Trinajstić information content (AvgIpc) is 1.80. The van der Waals surface area contributed by atoms with Crippen molar-refractivity contribution in [2.45, 2.75) is 13.8 Å². The van der Waals surface area contributed by atoms with Crippen LogP contribution in [0.5, 0.6) is 0 Å². The maximum atomic E-state index is 8.39. The Labute approximate surface area is 61.2 Å². The van der Waals surface area contributed by atoms with Gasteiger partial charge in [-0.1, -0.05) is 11.6 Å². The van der Waals surface area contributed by atoms with Gasteiger partial charge in [-0.15, -0.1) is 0 Å². The van der Waals surface area contributed by atoms with Crippen molar-refractivity contribution in [2.24, 2.45) is 0 Å². The average molecular weight is 146 g/mol. The van der Waals surface area contributed by atoms with Crippen LogP contribution in [0.3, 0.4) is 0 Å². The molecule has 0 saturated heterocycles. The first-order valence-corrected chi connectivity index (χ1v) is 4.25. The number of aliphatic hydroxyl groups excluding tert-OH is 1. The molecule has 0 aromatic heterocycles. The van der Waals surface area contributed by atoms with Crippen molar-refractivity contribution < 1.29 is 5.11 Å². The van der Waals surface area contributed by atoms with Crippen LogP contribution in [-0.4, -0.2) is 23.2 Å². The highest BCUT2D eigenvalue weighted by atomic mass is 32.2. The van der Waals surface area contributed by atoms with Gasteiger partial charge in [0.2, 0.25) is 0 Å². The first-order valence-electron chi connectivity index (χ1n) is 3.09. The summed E-state index contributed by atoms with van der Waals surface area (Å²) in [5.74, 6) is 1.88. The minimum Gasteiger partial charge on any atom is -0.396 e. The topological polar surface area (TPSA) is 20.2 Å². The monoisotopic (exact) mass is 146 g/mol. The zero-order chi connectivity index (χ0) is 7.11. The van der Waals surface area contributed by atoms with Gasteiger partial charge in [0.15, 0.2) is 0 Å². The van der Waals surface area contributed by atoms with E-state index >= 15 is 0 Å². The Hall–Kier alpha value is 0.0500. The van der Waals surface area contributed by atoms with Gasteiger partial charge in [-0.2, -0.15) is 11.8 Å². The van der Waals surface area contributed by atoms with Crippen LogP contribution in [0.15, 0.2) is 11.6 Å². The molecule has 0 heterocycles. The maximum absolute atomic E-state index is 8.39. The number of thioether (sulfide) groups is 1. The Morgan fingerprint density at radius 3 is 2.67 bits per heavy atom. The van der Waals surface area contributed by atoms with Gasteiger partial charge in [-0.25, -0.2) is 0 Å². The lowest BCUT2D eigenvalue weighted by Gasteiger charge is -1.92. The van der Waals surface area contributed by atoms with Crippen molar-refractivity contribution in [1.82, 2.24) is 0 Å². The predicted molar refractivity (Wildman–Crippen MR) is 43.8 cm³/mol. The van der Waals surface area contributed by atoms with Crippen LogP contribution in [0.2, 0.25) is 0 Å². The molecule has 0 bridgehead atoms. The van der Waals surface area contributed by atoms with E-state index in [1.165, 1.54) is 5.57 Å². The van der Waals surface area contributed by atoms with Gasteiger partial charge in [0.1, 0.15) is 0 Å². The van der Waals surface area contributed by atoms with Crippen LogP contribution >= 0.6 is 11.8 Å². The highest BCUT2D eigenvalue weighted by Crippen LogP contribution is 2.00. The van der Waals surface area contributed by atoms with Gasteiger partial charge in [0, 0.05) is 11.5 Å². The lowest BCUT2D eigenvalue weighted by Crippen LogP contribution is -1.86. The zero-order valence-electron chi connectivity index (χ0n) is 6.05. The molecule has 0 atom stereocenters. The molecular formula is C7H14OS.